The van der Waals surface area contributed by atoms with Crippen LogP contribution in [-0.4, -0.2) is 32.8 Å². The van der Waals surface area contributed by atoms with Crippen LogP contribution in [-0.2, 0) is 11.8 Å². The summed E-state index contributed by atoms with van der Waals surface area (Å²) in [5.74, 6) is -1.21. The van der Waals surface area contributed by atoms with Gasteiger partial charge < -0.3 is 10.4 Å². The van der Waals surface area contributed by atoms with E-state index in [1.54, 1.807) is 18.7 Å². The highest BCUT2D eigenvalue weighted by Gasteiger charge is 2.23. The second-order valence-corrected chi connectivity index (χ2v) is 4.76. The van der Waals surface area contributed by atoms with Crippen molar-refractivity contribution in [2.75, 3.05) is 0 Å². The maximum Gasteiger partial charge on any atom is 0.326 e. The average Bonchev–Trinajstić information content (AvgIpc) is 2.58. The fraction of sp³-hybridized carbons (Fsp3) is 0.583. The number of carboxylic acids is 1. The van der Waals surface area contributed by atoms with Gasteiger partial charge in [-0.25, -0.2) is 4.79 Å². The zero-order valence-corrected chi connectivity index (χ0v) is 11.1. The monoisotopic (exact) mass is 253 g/mol. The molecular formula is C12H19N3O3. The fourth-order valence-corrected chi connectivity index (χ4v) is 1.65. The molecule has 0 radical (unpaired) electrons. The zero-order chi connectivity index (χ0) is 13.9. The molecule has 0 aliphatic rings. The standard InChI is InChI=1S/C12H19N3O3/c1-7(2)5-10(12(17)18)14-11(16)9-6-13-15(4)8(9)3/h6-7,10H,5H2,1-4H3,(H,14,16)(H,17,18). The van der Waals surface area contributed by atoms with Crippen LogP contribution < -0.4 is 5.32 Å². The molecule has 2 N–H and O–H groups in total. The third-order valence-corrected chi connectivity index (χ3v) is 2.79. The molecule has 1 aromatic rings. The van der Waals surface area contributed by atoms with Crippen molar-refractivity contribution in [3.8, 4) is 0 Å². The number of hydrogen-bond donors (Lipinski definition) is 2. The van der Waals surface area contributed by atoms with Gasteiger partial charge in [0.1, 0.15) is 6.04 Å². The lowest BCUT2D eigenvalue weighted by molar-refractivity contribution is -0.139. The van der Waals surface area contributed by atoms with Gasteiger partial charge in [-0.1, -0.05) is 13.8 Å². The van der Waals surface area contributed by atoms with Gasteiger partial charge in [-0.2, -0.15) is 5.10 Å². The molecule has 0 aromatic carbocycles. The molecule has 1 unspecified atom stereocenters. The summed E-state index contributed by atoms with van der Waals surface area (Å²) in [4.78, 5) is 23.0. The third kappa shape index (κ3) is 3.32. The second-order valence-electron chi connectivity index (χ2n) is 4.76. The highest BCUT2D eigenvalue weighted by molar-refractivity contribution is 5.97. The number of aryl methyl sites for hydroxylation is 1. The summed E-state index contributed by atoms with van der Waals surface area (Å²) in [5, 5.41) is 15.5. The number of nitrogens with one attached hydrogen (secondary N) is 1. The topological polar surface area (TPSA) is 84.2 Å². The van der Waals surface area contributed by atoms with Crippen molar-refractivity contribution in [2.45, 2.75) is 33.2 Å². The summed E-state index contributed by atoms with van der Waals surface area (Å²) in [7, 11) is 1.73. The Morgan fingerprint density at radius 3 is 2.50 bits per heavy atom. The Hall–Kier alpha value is -1.85. The predicted molar refractivity (Wildman–Crippen MR) is 66.3 cm³/mol. The number of carbonyl (C=O) groups excluding carboxylic acids is 1. The van der Waals surface area contributed by atoms with Crippen molar-refractivity contribution in [1.29, 1.82) is 0 Å². The maximum atomic E-state index is 11.9. The number of nitrogens with zero attached hydrogens (tertiary/aromatic N) is 2. The van der Waals surface area contributed by atoms with E-state index in [1.807, 2.05) is 13.8 Å². The Bertz CT molecular complexity index is 451. The Morgan fingerprint density at radius 1 is 1.50 bits per heavy atom. The quantitative estimate of drug-likeness (QED) is 0.818. The number of carboxylic acid groups (broad SMARTS) is 1. The molecule has 1 rings (SSSR count). The van der Waals surface area contributed by atoms with Crippen LogP contribution in [0.3, 0.4) is 0 Å². The Balaban J connectivity index is 2.79. The molecule has 0 saturated heterocycles. The van der Waals surface area contributed by atoms with Crippen molar-refractivity contribution in [1.82, 2.24) is 15.1 Å². The molecule has 100 valence electrons. The number of rotatable bonds is 5. The predicted octanol–water partition coefficient (Wildman–Crippen LogP) is 0.958. The van der Waals surface area contributed by atoms with E-state index < -0.39 is 17.9 Å². The van der Waals surface area contributed by atoms with E-state index in [4.69, 9.17) is 5.11 Å². The summed E-state index contributed by atoms with van der Waals surface area (Å²) in [6.45, 7) is 5.59. The lowest BCUT2D eigenvalue weighted by atomic mass is 10.0. The van der Waals surface area contributed by atoms with Gasteiger partial charge in [0.25, 0.3) is 5.91 Å². The number of carbonyl (C=O) groups is 2. The van der Waals surface area contributed by atoms with Crippen molar-refractivity contribution in [3.63, 3.8) is 0 Å². The molecule has 0 aliphatic heterocycles. The van der Waals surface area contributed by atoms with E-state index in [2.05, 4.69) is 10.4 Å². The molecular weight excluding hydrogens is 234 g/mol. The van der Waals surface area contributed by atoms with Crippen molar-refractivity contribution < 1.29 is 14.7 Å². The van der Waals surface area contributed by atoms with E-state index in [-0.39, 0.29) is 5.92 Å². The average molecular weight is 253 g/mol. The highest BCUT2D eigenvalue weighted by Crippen LogP contribution is 2.09. The van der Waals surface area contributed by atoms with Gasteiger partial charge in [-0.05, 0) is 19.3 Å². The molecule has 1 amide bonds. The first-order valence-electron chi connectivity index (χ1n) is 5.85. The second kappa shape index (κ2) is 5.66. The fourth-order valence-electron chi connectivity index (χ4n) is 1.65. The zero-order valence-electron chi connectivity index (χ0n) is 11.1. The van der Waals surface area contributed by atoms with Crippen LogP contribution in [0.15, 0.2) is 6.20 Å². The van der Waals surface area contributed by atoms with Crippen molar-refractivity contribution in [3.05, 3.63) is 17.5 Å². The van der Waals surface area contributed by atoms with Gasteiger partial charge in [0.15, 0.2) is 0 Å². The van der Waals surface area contributed by atoms with Gasteiger partial charge >= 0.3 is 5.97 Å². The van der Waals surface area contributed by atoms with Gasteiger partial charge in [0.2, 0.25) is 0 Å². The maximum absolute atomic E-state index is 11.9. The Labute approximate surface area is 106 Å². The molecule has 6 heteroatoms. The first-order chi connectivity index (χ1) is 8.32. The summed E-state index contributed by atoms with van der Waals surface area (Å²) in [6, 6.07) is -0.864. The number of amides is 1. The smallest absolute Gasteiger partial charge is 0.326 e. The molecule has 0 aliphatic carbocycles. The molecule has 1 aromatic heterocycles. The van der Waals surface area contributed by atoms with Gasteiger partial charge in [0.05, 0.1) is 11.8 Å². The van der Waals surface area contributed by atoms with Crippen LogP contribution in [0.2, 0.25) is 0 Å². The minimum Gasteiger partial charge on any atom is -0.480 e. The molecule has 0 saturated carbocycles. The van der Waals surface area contributed by atoms with Crippen molar-refractivity contribution in [2.24, 2.45) is 13.0 Å². The SMILES string of the molecule is Cc1c(C(=O)NC(CC(C)C)C(=O)O)cnn1C. The van der Waals surface area contributed by atoms with Crippen LogP contribution in [0.1, 0.15) is 36.3 Å². The summed E-state index contributed by atoms with van der Waals surface area (Å²) >= 11 is 0. The third-order valence-electron chi connectivity index (χ3n) is 2.79. The van der Waals surface area contributed by atoms with E-state index in [0.717, 1.165) is 0 Å². The lowest BCUT2D eigenvalue weighted by Crippen LogP contribution is -2.41. The van der Waals surface area contributed by atoms with Crippen LogP contribution in [0.5, 0.6) is 0 Å². The van der Waals surface area contributed by atoms with Crippen LogP contribution in [0, 0.1) is 12.8 Å². The minimum atomic E-state index is -1.02. The molecule has 0 bridgehead atoms. The first-order valence-corrected chi connectivity index (χ1v) is 5.85. The number of aromatic nitrogens is 2. The van der Waals surface area contributed by atoms with Gasteiger partial charge in [-0.15, -0.1) is 0 Å². The Morgan fingerprint density at radius 2 is 2.11 bits per heavy atom. The molecule has 18 heavy (non-hydrogen) atoms. The van der Waals surface area contributed by atoms with E-state index in [0.29, 0.717) is 17.7 Å². The summed E-state index contributed by atoms with van der Waals surface area (Å²) in [5.41, 5.74) is 1.12. The summed E-state index contributed by atoms with van der Waals surface area (Å²) in [6.07, 6.45) is 1.85. The lowest BCUT2D eigenvalue weighted by Gasteiger charge is -2.16. The van der Waals surface area contributed by atoms with Crippen LogP contribution >= 0.6 is 0 Å². The minimum absolute atomic E-state index is 0.196. The molecule has 0 spiro atoms. The molecule has 6 nitrogen and oxygen atoms in total. The van der Waals surface area contributed by atoms with E-state index in [1.165, 1.54) is 6.20 Å². The normalized spacial score (nSPS) is 12.5. The van der Waals surface area contributed by atoms with E-state index >= 15 is 0 Å². The number of hydrogen-bond acceptors (Lipinski definition) is 3. The van der Waals surface area contributed by atoms with Crippen LogP contribution in [0.25, 0.3) is 0 Å². The highest BCUT2D eigenvalue weighted by atomic mass is 16.4. The Kier molecular flexibility index (Phi) is 4.47. The van der Waals surface area contributed by atoms with Crippen LogP contribution in [0.4, 0.5) is 0 Å². The van der Waals surface area contributed by atoms with Gasteiger partial charge in [-0.3, -0.25) is 9.48 Å². The van der Waals surface area contributed by atoms with Crippen molar-refractivity contribution >= 4 is 11.9 Å². The summed E-state index contributed by atoms with van der Waals surface area (Å²) < 4.78 is 1.58. The molecule has 0 fully saturated rings. The molecule has 1 atom stereocenters. The van der Waals surface area contributed by atoms with E-state index in [9.17, 15) is 9.59 Å². The van der Waals surface area contributed by atoms with Gasteiger partial charge in [0, 0.05) is 12.7 Å². The largest absolute Gasteiger partial charge is 0.480 e. The molecule has 1 heterocycles. The number of aliphatic carboxylic acids is 1. The first kappa shape index (κ1) is 14.2.